The topological polar surface area (TPSA) is 75.6 Å². The van der Waals surface area contributed by atoms with Crippen LogP contribution >= 0.6 is 0 Å². The van der Waals surface area contributed by atoms with Crippen LogP contribution in [-0.4, -0.2) is 22.8 Å². The lowest BCUT2D eigenvalue weighted by Gasteiger charge is -2.25. The summed E-state index contributed by atoms with van der Waals surface area (Å²) in [6, 6.07) is 3.34. The summed E-state index contributed by atoms with van der Waals surface area (Å²) in [6.45, 7) is 11.1. The van der Waals surface area contributed by atoms with E-state index in [0.29, 0.717) is 0 Å². The second-order valence-electron chi connectivity index (χ2n) is 6.61. The van der Waals surface area contributed by atoms with Crippen LogP contribution in [0, 0.1) is 20.8 Å². The third kappa shape index (κ3) is 5.39. The number of amides is 1. The van der Waals surface area contributed by atoms with E-state index in [1.54, 1.807) is 20.8 Å². The lowest BCUT2D eigenvalue weighted by molar-refractivity contribution is -0.137. The fourth-order valence-electron chi connectivity index (χ4n) is 2.59. The number of alkyl carbamates (subject to hydrolysis) is 1. The van der Waals surface area contributed by atoms with Gasteiger partial charge in [0, 0.05) is 0 Å². The van der Waals surface area contributed by atoms with Gasteiger partial charge in [-0.2, -0.15) is 0 Å². The summed E-state index contributed by atoms with van der Waals surface area (Å²) in [6.07, 6.45) is -0.803. The Morgan fingerprint density at radius 1 is 1.18 bits per heavy atom. The Balaban J connectivity index is 3.09. The first-order valence-corrected chi connectivity index (χ1v) is 7.28. The largest absolute Gasteiger partial charge is 0.481 e. The van der Waals surface area contributed by atoms with Crippen molar-refractivity contribution in [1.82, 2.24) is 5.32 Å². The zero-order valence-corrected chi connectivity index (χ0v) is 14.1. The first kappa shape index (κ1) is 18.0. The van der Waals surface area contributed by atoms with Crippen LogP contribution in [-0.2, 0) is 9.53 Å². The Hall–Kier alpha value is -2.04. The molecule has 0 bridgehead atoms. The highest BCUT2D eigenvalue weighted by Gasteiger charge is 2.24. The molecule has 0 aliphatic heterocycles. The van der Waals surface area contributed by atoms with Crippen LogP contribution < -0.4 is 5.32 Å². The summed E-state index contributed by atoms with van der Waals surface area (Å²) in [5.41, 5.74) is 3.22. The second-order valence-corrected chi connectivity index (χ2v) is 6.61. The van der Waals surface area contributed by atoms with Crippen molar-refractivity contribution in [2.45, 2.75) is 59.6 Å². The van der Waals surface area contributed by atoms with E-state index >= 15 is 0 Å². The average Bonchev–Trinajstić information content (AvgIpc) is 2.22. The van der Waals surface area contributed by atoms with Gasteiger partial charge < -0.3 is 15.2 Å². The summed E-state index contributed by atoms with van der Waals surface area (Å²) in [4.78, 5) is 23.1. The minimum Gasteiger partial charge on any atom is -0.481 e. The van der Waals surface area contributed by atoms with E-state index in [4.69, 9.17) is 9.84 Å². The number of carboxylic acids is 1. The van der Waals surface area contributed by atoms with Crippen LogP contribution in [0.25, 0.3) is 0 Å². The number of carbonyl (C=O) groups is 2. The van der Waals surface area contributed by atoms with Crippen LogP contribution in [0.5, 0.6) is 0 Å². The molecule has 0 aliphatic carbocycles. The van der Waals surface area contributed by atoms with Crippen molar-refractivity contribution in [2.75, 3.05) is 0 Å². The van der Waals surface area contributed by atoms with Gasteiger partial charge in [0.2, 0.25) is 0 Å². The number of benzene rings is 1. The minimum atomic E-state index is -0.972. The predicted octanol–water partition coefficient (Wildman–Crippen LogP) is 3.65. The number of aliphatic carboxylic acids is 1. The Bertz CT molecular complexity index is 550. The smallest absolute Gasteiger partial charge is 0.408 e. The van der Waals surface area contributed by atoms with E-state index in [-0.39, 0.29) is 6.42 Å². The van der Waals surface area contributed by atoms with Gasteiger partial charge in [-0.05, 0) is 58.2 Å². The van der Waals surface area contributed by atoms with Gasteiger partial charge in [-0.3, -0.25) is 4.79 Å². The lowest BCUT2D eigenvalue weighted by Crippen LogP contribution is -2.36. The summed E-state index contributed by atoms with van der Waals surface area (Å²) < 4.78 is 5.23. The molecule has 0 aromatic heterocycles. The number of ether oxygens (including phenoxy) is 1. The van der Waals surface area contributed by atoms with Crippen molar-refractivity contribution < 1.29 is 19.4 Å². The van der Waals surface area contributed by atoms with Gasteiger partial charge in [0.05, 0.1) is 12.5 Å². The highest BCUT2D eigenvalue weighted by molar-refractivity contribution is 5.72. The highest BCUT2D eigenvalue weighted by Crippen LogP contribution is 2.26. The first-order valence-electron chi connectivity index (χ1n) is 7.28. The Morgan fingerprint density at radius 3 is 2.09 bits per heavy atom. The van der Waals surface area contributed by atoms with Crippen molar-refractivity contribution in [3.63, 3.8) is 0 Å². The number of aryl methyl sites for hydroxylation is 3. The van der Waals surface area contributed by atoms with E-state index < -0.39 is 23.7 Å². The van der Waals surface area contributed by atoms with Gasteiger partial charge in [0.1, 0.15) is 5.60 Å². The molecule has 0 saturated heterocycles. The molecule has 1 aromatic carbocycles. The summed E-state index contributed by atoms with van der Waals surface area (Å²) in [5, 5.41) is 11.8. The Labute approximate surface area is 131 Å². The molecule has 0 unspecified atom stereocenters. The molecule has 0 spiro atoms. The van der Waals surface area contributed by atoms with Gasteiger partial charge in [-0.25, -0.2) is 4.79 Å². The molecule has 0 radical (unpaired) electrons. The molecule has 5 heteroatoms. The number of carbonyl (C=O) groups excluding carboxylic acids is 1. The van der Waals surface area contributed by atoms with Crippen LogP contribution in [0.4, 0.5) is 4.79 Å². The molecular weight excluding hydrogens is 282 g/mol. The molecule has 1 aromatic rings. The van der Waals surface area contributed by atoms with Crippen molar-refractivity contribution in [3.05, 3.63) is 34.4 Å². The fourth-order valence-corrected chi connectivity index (χ4v) is 2.59. The van der Waals surface area contributed by atoms with Crippen molar-refractivity contribution in [1.29, 1.82) is 0 Å². The van der Waals surface area contributed by atoms with E-state index in [9.17, 15) is 9.59 Å². The number of nitrogens with one attached hydrogen (secondary N) is 1. The van der Waals surface area contributed by atoms with Gasteiger partial charge in [-0.1, -0.05) is 17.7 Å². The molecular formula is C17H25NO4. The van der Waals surface area contributed by atoms with E-state index in [1.807, 2.05) is 32.9 Å². The molecule has 0 aliphatic rings. The standard InChI is InChI=1S/C17H25NO4/c1-10-7-11(2)15(12(3)8-10)13(9-14(19)20)18-16(21)22-17(4,5)6/h7-8,13H,9H2,1-6H3,(H,18,21)(H,19,20)/t13-/m0/s1. The number of rotatable bonds is 4. The van der Waals surface area contributed by atoms with Gasteiger partial charge in [0.15, 0.2) is 0 Å². The van der Waals surface area contributed by atoms with E-state index in [2.05, 4.69) is 5.32 Å². The normalized spacial score (nSPS) is 12.6. The summed E-state index contributed by atoms with van der Waals surface area (Å²) in [7, 11) is 0. The molecule has 0 heterocycles. The third-order valence-electron chi connectivity index (χ3n) is 3.16. The second kappa shape index (κ2) is 6.81. The average molecular weight is 307 g/mol. The van der Waals surface area contributed by atoms with Gasteiger partial charge in [0.25, 0.3) is 0 Å². The van der Waals surface area contributed by atoms with Crippen LogP contribution in [0.2, 0.25) is 0 Å². The number of hydrogen-bond donors (Lipinski definition) is 2. The van der Waals surface area contributed by atoms with Crippen LogP contribution in [0.15, 0.2) is 12.1 Å². The van der Waals surface area contributed by atoms with Crippen molar-refractivity contribution >= 4 is 12.1 Å². The SMILES string of the molecule is Cc1cc(C)c([C@H](CC(=O)O)NC(=O)OC(C)(C)C)c(C)c1. The zero-order chi connectivity index (χ0) is 17.1. The maximum absolute atomic E-state index is 12.0. The van der Waals surface area contributed by atoms with Crippen molar-refractivity contribution in [2.24, 2.45) is 0 Å². The first-order chi connectivity index (χ1) is 9.99. The van der Waals surface area contributed by atoms with Crippen LogP contribution in [0.3, 0.4) is 0 Å². The lowest BCUT2D eigenvalue weighted by atomic mass is 9.92. The number of hydrogen-bond acceptors (Lipinski definition) is 3. The molecule has 1 amide bonds. The molecule has 122 valence electrons. The van der Waals surface area contributed by atoms with E-state index in [0.717, 1.165) is 22.3 Å². The third-order valence-corrected chi connectivity index (χ3v) is 3.16. The molecule has 2 N–H and O–H groups in total. The Morgan fingerprint density at radius 2 is 1.68 bits per heavy atom. The van der Waals surface area contributed by atoms with Crippen LogP contribution in [0.1, 0.15) is 55.5 Å². The molecule has 22 heavy (non-hydrogen) atoms. The molecule has 1 rings (SSSR count). The molecule has 5 nitrogen and oxygen atoms in total. The van der Waals surface area contributed by atoms with Gasteiger partial charge >= 0.3 is 12.1 Å². The quantitative estimate of drug-likeness (QED) is 0.890. The maximum atomic E-state index is 12.0. The fraction of sp³-hybridized carbons (Fsp3) is 0.529. The molecule has 1 atom stereocenters. The zero-order valence-electron chi connectivity index (χ0n) is 14.1. The monoisotopic (exact) mass is 307 g/mol. The van der Waals surface area contributed by atoms with E-state index in [1.165, 1.54) is 0 Å². The molecule has 0 saturated carbocycles. The summed E-state index contributed by atoms with van der Waals surface area (Å²) in [5.74, 6) is -0.972. The number of carboxylic acid groups (broad SMARTS) is 1. The predicted molar refractivity (Wildman–Crippen MR) is 85.0 cm³/mol. The van der Waals surface area contributed by atoms with Gasteiger partial charge in [-0.15, -0.1) is 0 Å². The Kier molecular flexibility index (Phi) is 5.58. The van der Waals surface area contributed by atoms with Crippen molar-refractivity contribution in [3.8, 4) is 0 Å². The maximum Gasteiger partial charge on any atom is 0.408 e. The minimum absolute atomic E-state index is 0.190. The highest BCUT2D eigenvalue weighted by atomic mass is 16.6. The molecule has 0 fully saturated rings. The summed E-state index contributed by atoms with van der Waals surface area (Å²) >= 11 is 0.